The highest BCUT2D eigenvalue weighted by molar-refractivity contribution is 9.10. The van der Waals surface area contributed by atoms with Crippen LogP contribution in [0.3, 0.4) is 0 Å². The van der Waals surface area contributed by atoms with Gasteiger partial charge in [-0.3, -0.25) is 4.79 Å². The van der Waals surface area contributed by atoms with E-state index in [1.807, 2.05) is 0 Å². The number of hydrogen-bond donors (Lipinski definition) is 2. The van der Waals surface area contributed by atoms with Crippen molar-refractivity contribution in [1.82, 2.24) is 5.32 Å². The lowest BCUT2D eigenvalue weighted by molar-refractivity contribution is -0.127. The third-order valence-corrected chi connectivity index (χ3v) is 6.85. The topological polar surface area (TPSA) is 58.4 Å². The van der Waals surface area contributed by atoms with Crippen molar-refractivity contribution in [3.05, 3.63) is 28.7 Å². The monoisotopic (exact) mass is 463 g/mol. The summed E-state index contributed by atoms with van der Waals surface area (Å²) in [4.78, 5) is 15.0. The average Bonchev–Trinajstić information content (AvgIpc) is 3.29. The van der Waals surface area contributed by atoms with Crippen molar-refractivity contribution in [2.45, 2.75) is 31.7 Å². The minimum Gasteiger partial charge on any atom is -0.371 e. The maximum atomic E-state index is 12.6. The number of nitrogens with one attached hydrogen (secondary N) is 1. The molecule has 0 radical (unpaired) electrons. The molecule has 26 heavy (non-hydrogen) atoms. The Balaban J connectivity index is 0.00000121. The molecule has 146 valence electrons. The fourth-order valence-electron chi connectivity index (χ4n) is 4.97. The summed E-state index contributed by atoms with van der Waals surface area (Å²) in [6.45, 7) is 2.87. The molecule has 1 saturated heterocycles. The molecule has 5 atom stereocenters. The van der Waals surface area contributed by atoms with Crippen molar-refractivity contribution < 1.29 is 4.79 Å². The zero-order valence-corrected chi connectivity index (χ0v) is 18.0. The number of amides is 1. The maximum Gasteiger partial charge on any atom is 0.224 e. The van der Waals surface area contributed by atoms with Gasteiger partial charge in [-0.1, -0.05) is 15.9 Å². The summed E-state index contributed by atoms with van der Waals surface area (Å²) < 4.78 is 1.11. The van der Waals surface area contributed by atoms with Crippen molar-refractivity contribution in [2.75, 3.05) is 24.5 Å². The molecule has 1 heterocycles. The first-order chi connectivity index (χ1) is 11.6. The highest BCUT2D eigenvalue weighted by Gasteiger charge is 2.49. The molecule has 2 aliphatic carbocycles. The van der Waals surface area contributed by atoms with Crippen LogP contribution in [0.15, 0.2) is 28.7 Å². The van der Waals surface area contributed by atoms with Crippen LogP contribution in [0.25, 0.3) is 0 Å². The van der Waals surface area contributed by atoms with E-state index in [9.17, 15) is 4.79 Å². The molecule has 0 aromatic heterocycles. The highest BCUT2D eigenvalue weighted by atomic mass is 79.9. The van der Waals surface area contributed by atoms with Crippen molar-refractivity contribution in [3.63, 3.8) is 0 Å². The van der Waals surface area contributed by atoms with E-state index < -0.39 is 0 Å². The molecule has 1 amide bonds. The molecular weight excluding hydrogens is 437 g/mol. The van der Waals surface area contributed by atoms with Gasteiger partial charge >= 0.3 is 0 Å². The van der Waals surface area contributed by atoms with Gasteiger partial charge in [0, 0.05) is 35.8 Å². The fraction of sp³-hybridized carbons (Fsp3) is 0.632. The number of carbonyl (C=O) groups excluding carboxylic acids is 1. The van der Waals surface area contributed by atoms with Gasteiger partial charge in [0.05, 0.1) is 5.92 Å². The lowest BCUT2D eigenvalue weighted by Crippen LogP contribution is -2.46. The molecule has 2 bridgehead atoms. The second-order valence-corrected chi connectivity index (χ2v) is 8.67. The van der Waals surface area contributed by atoms with E-state index in [0.29, 0.717) is 17.8 Å². The van der Waals surface area contributed by atoms with Crippen LogP contribution in [0.2, 0.25) is 0 Å². The van der Waals surface area contributed by atoms with Gasteiger partial charge in [-0.2, -0.15) is 0 Å². The van der Waals surface area contributed by atoms with E-state index in [1.54, 1.807) is 0 Å². The number of nitrogens with two attached hydrogens (primary N) is 1. The summed E-state index contributed by atoms with van der Waals surface area (Å²) in [6.07, 6.45) is 4.72. The quantitative estimate of drug-likeness (QED) is 0.715. The van der Waals surface area contributed by atoms with Crippen molar-refractivity contribution >= 4 is 52.3 Å². The third kappa shape index (κ3) is 4.32. The number of rotatable bonds is 4. The van der Waals surface area contributed by atoms with E-state index in [4.69, 9.17) is 5.73 Å². The lowest BCUT2D eigenvalue weighted by atomic mass is 9.84. The number of carbonyl (C=O) groups is 1. The van der Waals surface area contributed by atoms with E-state index in [1.165, 1.54) is 24.9 Å². The first kappa shape index (κ1) is 21.8. The van der Waals surface area contributed by atoms with Crippen molar-refractivity contribution in [2.24, 2.45) is 29.4 Å². The van der Waals surface area contributed by atoms with Crippen LogP contribution in [-0.4, -0.2) is 31.6 Å². The Morgan fingerprint density at radius 2 is 1.85 bits per heavy atom. The van der Waals surface area contributed by atoms with Gasteiger partial charge in [0.15, 0.2) is 0 Å². The van der Waals surface area contributed by atoms with Gasteiger partial charge in [0.1, 0.15) is 0 Å². The second kappa shape index (κ2) is 9.13. The Morgan fingerprint density at radius 1 is 1.15 bits per heavy atom. The number of benzene rings is 1. The van der Waals surface area contributed by atoms with Crippen LogP contribution < -0.4 is 16.0 Å². The summed E-state index contributed by atoms with van der Waals surface area (Å²) in [6, 6.07) is 8.56. The maximum absolute atomic E-state index is 12.6. The molecule has 0 spiro atoms. The largest absolute Gasteiger partial charge is 0.371 e. The van der Waals surface area contributed by atoms with Crippen LogP contribution in [0.1, 0.15) is 25.7 Å². The van der Waals surface area contributed by atoms with E-state index in [2.05, 4.69) is 50.4 Å². The molecule has 4 rings (SSSR count). The normalized spacial score (nSPS) is 32.1. The predicted molar refractivity (Wildman–Crippen MR) is 114 cm³/mol. The van der Waals surface area contributed by atoms with Gasteiger partial charge in [-0.15, -0.1) is 24.8 Å². The zero-order valence-electron chi connectivity index (χ0n) is 14.8. The van der Waals surface area contributed by atoms with Crippen molar-refractivity contribution in [1.29, 1.82) is 0 Å². The molecule has 4 nitrogen and oxygen atoms in total. The molecule has 3 fully saturated rings. The van der Waals surface area contributed by atoms with Crippen LogP contribution in [0.5, 0.6) is 0 Å². The molecule has 5 unspecified atom stereocenters. The Labute approximate surface area is 176 Å². The van der Waals surface area contributed by atoms with Crippen LogP contribution in [0, 0.1) is 23.7 Å². The number of anilines is 1. The molecular formula is C19H28BrCl2N3O. The minimum absolute atomic E-state index is 0. The Bertz CT molecular complexity index is 613. The first-order valence-electron chi connectivity index (χ1n) is 9.15. The molecule has 3 N–H and O–H groups in total. The summed E-state index contributed by atoms with van der Waals surface area (Å²) in [7, 11) is 0. The predicted octanol–water partition coefficient (Wildman–Crippen LogP) is 3.61. The number of fused-ring (bicyclic) bond motifs is 2. The SMILES string of the molecule is Cl.Cl.NC1C2CCC(C2)C1C(=O)NCC1CCN(c2ccc(Br)cc2)C1. The molecule has 3 aliphatic rings. The molecule has 1 aromatic carbocycles. The summed E-state index contributed by atoms with van der Waals surface area (Å²) >= 11 is 3.48. The Hall–Kier alpha value is -0.490. The minimum atomic E-state index is 0. The van der Waals surface area contributed by atoms with Crippen LogP contribution >= 0.6 is 40.7 Å². The van der Waals surface area contributed by atoms with Gasteiger partial charge < -0.3 is 16.0 Å². The van der Waals surface area contributed by atoms with Gasteiger partial charge in [-0.25, -0.2) is 0 Å². The van der Waals surface area contributed by atoms with E-state index >= 15 is 0 Å². The number of hydrogen-bond acceptors (Lipinski definition) is 3. The summed E-state index contributed by atoms with van der Waals surface area (Å²) in [5.41, 5.74) is 7.55. The number of halogens is 3. The summed E-state index contributed by atoms with van der Waals surface area (Å²) in [5, 5.41) is 3.21. The highest BCUT2D eigenvalue weighted by Crippen LogP contribution is 2.47. The zero-order chi connectivity index (χ0) is 16.7. The second-order valence-electron chi connectivity index (χ2n) is 7.76. The molecule has 2 saturated carbocycles. The molecule has 1 aliphatic heterocycles. The van der Waals surface area contributed by atoms with E-state index in [-0.39, 0.29) is 42.7 Å². The Kier molecular flexibility index (Phi) is 7.66. The smallest absolute Gasteiger partial charge is 0.224 e. The average molecular weight is 465 g/mol. The standard InChI is InChI=1S/C19H26BrN3O.2ClH/c20-15-3-5-16(6-4-15)23-8-7-12(11-23)10-22-19(24)17-13-1-2-14(9-13)18(17)21;;/h3-6,12-14,17-18H,1-2,7-11,21H2,(H,22,24);2*1H. The lowest BCUT2D eigenvalue weighted by Gasteiger charge is -2.27. The van der Waals surface area contributed by atoms with Crippen LogP contribution in [0.4, 0.5) is 5.69 Å². The Morgan fingerprint density at radius 3 is 2.50 bits per heavy atom. The fourth-order valence-corrected chi connectivity index (χ4v) is 5.24. The number of nitrogens with zero attached hydrogens (tertiary/aromatic N) is 1. The summed E-state index contributed by atoms with van der Waals surface area (Å²) in [5.74, 6) is 1.93. The van der Waals surface area contributed by atoms with Gasteiger partial charge in [0.2, 0.25) is 5.91 Å². The third-order valence-electron chi connectivity index (χ3n) is 6.33. The van der Waals surface area contributed by atoms with Crippen LogP contribution in [-0.2, 0) is 4.79 Å². The molecule has 1 aromatic rings. The van der Waals surface area contributed by atoms with Gasteiger partial charge in [-0.05, 0) is 67.7 Å². The van der Waals surface area contributed by atoms with Crippen molar-refractivity contribution in [3.8, 4) is 0 Å². The molecule has 7 heteroatoms. The first-order valence-corrected chi connectivity index (χ1v) is 9.95. The van der Waals surface area contributed by atoms with E-state index in [0.717, 1.165) is 30.5 Å². The van der Waals surface area contributed by atoms with Gasteiger partial charge in [0.25, 0.3) is 0 Å².